The molecule has 2 heterocycles. The maximum atomic E-state index is 13.7. The van der Waals surface area contributed by atoms with Crippen molar-refractivity contribution in [1.82, 2.24) is 9.88 Å². The lowest BCUT2D eigenvalue weighted by atomic mass is 9.95. The summed E-state index contributed by atoms with van der Waals surface area (Å²) in [5.74, 6) is -1.72. The number of nitrogens with zero attached hydrogens (tertiary/aromatic N) is 2. The Hall–Kier alpha value is -4.78. The minimum atomic E-state index is -0.894. The van der Waals surface area contributed by atoms with E-state index in [9.17, 15) is 19.1 Å². The van der Waals surface area contributed by atoms with Gasteiger partial charge in [0.05, 0.1) is 11.6 Å². The van der Waals surface area contributed by atoms with E-state index in [0.29, 0.717) is 23.5 Å². The molecule has 1 atom stereocenters. The molecular weight excluding hydrogens is 471 g/mol. The number of rotatable bonds is 7. The zero-order valence-corrected chi connectivity index (χ0v) is 19.8. The van der Waals surface area contributed by atoms with Gasteiger partial charge < -0.3 is 14.7 Å². The van der Waals surface area contributed by atoms with Gasteiger partial charge in [-0.05, 0) is 59.2 Å². The lowest BCUT2D eigenvalue weighted by Crippen LogP contribution is -2.29. The molecule has 1 aromatic heterocycles. The standard InChI is InChI=1S/C30H23FN2O4/c31-24-12-8-22(9-13-24)27-26(29(35)30(36)33(27)18-21-7-4-16-32-17-21)28(34)23-10-14-25(15-11-23)37-19-20-5-2-1-3-6-20/h1-17,27,34H,18-19H2/b28-26+. The van der Waals surface area contributed by atoms with Crippen molar-refractivity contribution in [2.75, 3.05) is 0 Å². The maximum absolute atomic E-state index is 13.7. The molecule has 184 valence electrons. The van der Waals surface area contributed by atoms with Crippen LogP contribution in [0, 0.1) is 5.82 Å². The smallest absolute Gasteiger partial charge is 0.295 e. The predicted octanol–water partition coefficient (Wildman–Crippen LogP) is 5.42. The number of benzene rings is 3. The second-order valence-electron chi connectivity index (χ2n) is 8.64. The molecule has 0 spiro atoms. The van der Waals surface area contributed by atoms with Crippen LogP contribution < -0.4 is 4.74 Å². The lowest BCUT2D eigenvalue weighted by molar-refractivity contribution is -0.140. The van der Waals surface area contributed by atoms with Crippen LogP contribution in [0.15, 0.2) is 109 Å². The first-order chi connectivity index (χ1) is 18.0. The van der Waals surface area contributed by atoms with Crippen molar-refractivity contribution in [2.45, 2.75) is 19.2 Å². The summed E-state index contributed by atoms with van der Waals surface area (Å²) in [4.78, 5) is 31.7. The lowest BCUT2D eigenvalue weighted by Gasteiger charge is -2.25. The fourth-order valence-corrected chi connectivity index (χ4v) is 4.33. The van der Waals surface area contributed by atoms with Gasteiger partial charge in [0.15, 0.2) is 0 Å². The molecule has 0 radical (unpaired) electrons. The number of carbonyl (C=O) groups excluding carboxylic acids is 2. The average Bonchev–Trinajstić information content (AvgIpc) is 3.18. The number of Topliss-reactive ketones (excluding diaryl/α,β-unsaturated/α-hetero) is 1. The number of aliphatic hydroxyl groups excluding tert-OH is 1. The van der Waals surface area contributed by atoms with E-state index in [1.807, 2.05) is 30.3 Å². The second kappa shape index (κ2) is 10.5. The van der Waals surface area contributed by atoms with Crippen LogP contribution in [0.2, 0.25) is 0 Å². The number of likely N-dealkylation sites (tertiary alicyclic amines) is 1. The fraction of sp³-hybridized carbons (Fsp3) is 0.100. The first-order valence-corrected chi connectivity index (χ1v) is 11.7. The molecule has 1 saturated heterocycles. The summed E-state index contributed by atoms with van der Waals surface area (Å²) >= 11 is 0. The van der Waals surface area contributed by atoms with Gasteiger partial charge in [-0.15, -0.1) is 0 Å². The molecule has 5 rings (SSSR count). The van der Waals surface area contributed by atoms with Gasteiger partial charge in [0.25, 0.3) is 11.7 Å². The Morgan fingerprint density at radius 2 is 1.59 bits per heavy atom. The zero-order valence-electron chi connectivity index (χ0n) is 19.8. The molecule has 3 aromatic carbocycles. The van der Waals surface area contributed by atoms with Crippen molar-refractivity contribution in [1.29, 1.82) is 0 Å². The largest absolute Gasteiger partial charge is 0.507 e. The van der Waals surface area contributed by atoms with Gasteiger partial charge >= 0.3 is 0 Å². The summed E-state index contributed by atoms with van der Waals surface area (Å²) in [5, 5.41) is 11.2. The number of halogens is 1. The molecule has 1 amide bonds. The first-order valence-electron chi connectivity index (χ1n) is 11.7. The average molecular weight is 495 g/mol. The summed E-state index contributed by atoms with van der Waals surface area (Å²) < 4.78 is 19.5. The summed E-state index contributed by atoms with van der Waals surface area (Å²) in [6.07, 6.45) is 3.22. The SMILES string of the molecule is O=C1C(=O)N(Cc2cccnc2)C(c2ccc(F)cc2)/C1=C(\O)c1ccc(OCc2ccccc2)cc1. The molecule has 4 aromatic rings. The van der Waals surface area contributed by atoms with Crippen molar-refractivity contribution in [2.24, 2.45) is 0 Å². The van der Waals surface area contributed by atoms with Gasteiger partial charge in [0.1, 0.15) is 23.9 Å². The van der Waals surface area contributed by atoms with E-state index in [1.165, 1.54) is 29.2 Å². The highest BCUT2D eigenvalue weighted by Gasteiger charge is 2.46. The molecule has 1 unspecified atom stereocenters. The molecule has 1 aliphatic rings. The van der Waals surface area contributed by atoms with Crippen molar-refractivity contribution in [3.63, 3.8) is 0 Å². The molecular formula is C30H23FN2O4. The number of ether oxygens (including phenoxy) is 1. The zero-order chi connectivity index (χ0) is 25.8. The van der Waals surface area contributed by atoms with E-state index >= 15 is 0 Å². The third-order valence-corrected chi connectivity index (χ3v) is 6.18. The van der Waals surface area contributed by atoms with E-state index in [4.69, 9.17) is 4.74 Å². The molecule has 0 aliphatic carbocycles. The Bertz CT molecular complexity index is 1440. The van der Waals surface area contributed by atoms with Crippen LogP contribution in [-0.4, -0.2) is 26.7 Å². The quantitative estimate of drug-likeness (QED) is 0.211. The Morgan fingerprint density at radius 3 is 2.27 bits per heavy atom. The van der Waals surface area contributed by atoms with Crippen molar-refractivity contribution in [3.8, 4) is 5.75 Å². The number of aliphatic hydroxyl groups is 1. The first kappa shape index (κ1) is 23.9. The third kappa shape index (κ3) is 5.11. The molecule has 1 aliphatic heterocycles. The number of pyridine rings is 1. The summed E-state index contributed by atoms with van der Waals surface area (Å²) in [7, 11) is 0. The van der Waals surface area contributed by atoms with Gasteiger partial charge in [0, 0.05) is 24.5 Å². The van der Waals surface area contributed by atoms with E-state index < -0.39 is 23.5 Å². The van der Waals surface area contributed by atoms with E-state index in [-0.39, 0.29) is 17.9 Å². The van der Waals surface area contributed by atoms with Crippen LogP contribution in [-0.2, 0) is 22.7 Å². The van der Waals surface area contributed by atoms with Crippen molar-refractivity contribution >= 4 is 17.4 Å². The third-order valence-electron chi connectivity index (χ3n) is 6.18. The number of hydrogen-bond donors (Lipinski definition) is 1. The van der Waals surface area contributed by atoms with Crippen LogP contribution in [0.3, 0.4) is 0 Å². The molecule has 1 N–H and O–H groups in total. The molecule has 37 heavy (non-hydrogen) atoms. The van der Waals surface area contributed by atoms with Gasteiger partial charge in [-0.1, -0.05) is 48.5 Å². The monoisotopic (exact) mass is 494 g/mol. The summed E-state index contributed by atoms with van der Waals surface area (Å²) in [6.45, 7) is 0.486. The Labute approximate surface area is 213 Å². The molecule has 6 nitrogen and oxygen atoms in total. The topological polar surface area (TPSA) is 79.7 Å². The summed E-state index contributed by atoms with van der Waals surface area (Å²) in [6, 6.07) is 24.5. The molecule has 0 bridgehead atoms. The summed E-state index contributed by atoms with van der Waals surface area (Å²) in [5.41, 5.74) is 2.55. The minimum Gasteiger partial charge on any atom is -0.507 e. The van der Waals surface area contributed by atoms with Crippen LogP contribution in [0.25, 0.3) is 5.76 Å². The Balaban J connectivity index is 1.48. The van der Waals surface area contributed by atoms with Gasteiger partial charge in [0.2, 0.25) is 0 Å². The number of ketones is 1. The van der Waals surface area contributed by atoms with Crippen LogP contribution >= 0.6 is 0 Å². The number of hydrogen-bond acceptors (Lipinski definition) is 5. The van der Waals surface area contributed by atoms with Gasteiger partial charge in [-0.3, -0.25) is 14.6 Å². The molecule has 1 fully saturated rings. The Kier molecular flexibility index (Phi) is 6.76. The fourth-order valence-electron chi connectivity index (χ4n) is 4.33. The minimum absolute atomic E-state index is 0.0570. The number of amides is 1. The van der Waals surface area contributed by atoms with Gasteiger partial charge in [-0.25, -0.2) is 4.39 Å². The van der Waals surface area contributed by atoms with Crippen LogP contribution in [0.5, 0.6) is 5.75 Å². The normalized spacial score (nSPS) is 16.7. The predicted molar refractivity (Wildman–Crippen MR) is 136 cm³/mol. The maximum Gasteiger partial charge on any atom is 0.295 e. The van der Waals surface area contributed by atoms with Crippen molar-refractivity contribution in [3.05, 3.63) is 137 Å². The van der Waals surface area contributed by atoms with Crippen molar-refractivity contribution < 1.29 is 23.8 Å². The highest BCUT2D eigenvalue weighted by atomic mass is 19.1. The van der Waals surface area contributed by atoms with E-state index in [0.717, 1.165) is 11.1 Å². The Morgan fingerprint density at radius 1 is 0.892 bits per heavy atom. The highest BCUT2D eigenvalue weighted by molar-refractivity contribution is 6.46. The molecule has 7 heteroatoms. The van der Waals surface area contributed by atoms with Gasteiger partial charge in [-0.2, -0.15) is 0 Å². The molecule has 0 saturated carbocycles. The van der Waals surface area contributed by atoms with E-state index in [2.05, 4.69) is 4.98 Å². The van der Waals surface area contributed by atoms with Crippen LogP contribution in [0.4, 0.5) is 4.39 Å². The number of carbonyl (C=O) groups is 2. The second-order valence-corrected chi connectivity index (χ2v) is 8.64. The van der Waals surface area contributed by atoms with E-state index in [1.54, 1.807) is 48.8 Å². The highest BCUT2D eigenvalue weighted by Crippen LogP contribution is 2.40. The van der Waals surface area contributed by atoms with Crippen LogP contribution in [0.1, 0.15) is 28.3 Å². The number of aromatic nitrogens is 1.